The van der Waals surface area contributed by atoms with E-state index in [2.05, 4.69) is 35.8 Å². The van der Waals surface area contributed by atoms with Gasteiger partial charge in [0.1, 0.15) is 11.5 Å². The van der Waals surface area contributed by atoms with Crippen molar-refractivity contribution >= 4 is 17.6 Å². The molecule has 4 N–H and O–H groups in total. The van der Waals surface area contributed by atoms with Crippen molar-refractivity contribution in [3.05, 3.63) is 89.0 Å². The summed E-state index contributed by atoms with van der Waals surface area (Å²) < 4.78 is 5.76. The third-order valence-electron chi connectivity index (χ3n) is 5.18. The van der Waals surface area contributed by atoms with Gasteiger partial charge in [0.05, 0.1) is 11.6 Å². The van der Waals surface area contributed by atoms with Crippen LogP contribution >= 0.6 is 0 Å². The molecular weight excluding hydrogens is 378 g/mol. The lowest BCUT2D eigenvalue weighted by molar-refractivity contribution is 0.0998. The van der Waals surface area contributed by atoms with Crippen LogP contribution in [0.3, 0.4) is 0 Å². The first-order valence-electron chi connectivity index (χ1n) is 9.83. The number of fused-ring (bicyclic) bond motifs is 1. The number of nitrogens with one attached hydrogen (secondary N) is 2. The van der Waals surface area contributed by atoms with E-state index in [1.165, 1.54) is 16.7 Å². The molecule has 4 rings (SSSR count). The minimum atomic E-state index is -0.552. The summed E-state index contributed by atoms with van der Waals surface area (Å²) in [5.74, 6) is 0.373. The number of anilines is 1. The molecule has 30 heavy (non-hydrogen) atoms. The van der Waals surface area contributed by atoms with Gasteiger partial charge >= 0.3 is 6.03 Å². The van der Waals surface area contributed by atoms with Crippen molar-refractivity contribution in [2.75, 3.05) is 5.32 Å². The molecule has 0 bridgehead atoms. The smallest absolute Gasteiger partial charge is 0.319 e. The quantitative estimate of drug-likeness (QED) is 0.579. The third-order valence-corrected chi connectivity index (χ3v) is 5.18. The van der Waals surface area contributed by atoms with Gasteiger partial charge < -0.3 is 21.1 Å². The molecule has 3 amide bonds. The second-order valence-corrected chi connectivity index (χ2v) is 7.38. The first-order chi connectivity index (χ1) is 14.5. The summed E-state index contributed by atoms with van der Waals surface area (Å²) in [5.41, 5.74) is 10.0. The van der Waals surface area contributed by atoms with E-state index in [0.29, 0.717) is 22.7 Å². The summed E-state index contributed by atoms with van der Waals surface area (Å²) in [6.07, 6.45) is 1.87. The van der Waals surface area contributed by atoms with Crippen molar-refractivity contribution in [1.29, 1.82) is 0 Å². The number of urea groups is 1. The van der Waals surface area contributed by atoms with E-state index in [4.69, 9.17) is 10.5 Å². The SMILES string of the molecule is Cc1ccc2c(c1)C(NC(=O)Nc1ccc(Oc3ccccc3C(N)=O)cc1)CC2. The fourth-order valence-corrected chi connectivity index (χ4v) is 3.69. The monoisotopic (exact) mass is 401 g/mol. The lowest BCUT2D eigenvalue weighted by Crippen LogP contribution is -2.31. The highest BCUT2D eigenvalue weighted by Crippen LogP contribution is 2.32. The molecule has 1 aliphatic carbocycles. The molecule has 1 atom stereocenters. The van der Waals surface area contributed by atoms with E-state index in [9.17, 15) is 9.59 Å². The van der Waals surface area contributed by atoms with Gasteiger partial charge in [-0.2, -0.15) is 0 Å². The van der Waals surface area contributed by atoms with Crippen LogP contribution in [0.5, 0.6) is 11.5 Å². The van der Waals surface area contributed by atoms with Crippen LogP contribution in [-0.2, 0) is 6.42 Å². The molecule has 6 heteroatoms. The molecule has 0 heterocycles. The molecule has 0 aliphatic heterocycles. The maximum Gasteiger partial charge on any atom is 0.319 e. The fourth-order valence-electron chi connectivity index (χ4n) is 3.69. The summed E-state index contributed by atoms with van der Waals surface area (Å²) in [6.45, 7) is 2.06. The molecule has 6 nitrogen and oxygen atoms in total. The minimum absolute atomic E-state index is 0.0211. The number of primary amides is 1. The third kappa shape index (κ3) is 4.27. The average molecular weight is 401 g/mol. The molecule has 0 radical (unpaired) electrons. The van der Waals surface area contributed by atoms with Crippen molar-refractivity contribution in [2.45, 2.75) is 25.8 Å². The number of carbonyl (C=O) groups excluding carboxylic acids is 2. The Morgan fingerprint density at radius 3 is 2.57 bits per heavy atom. The van der Waals surface area contributed by atoms with Crippen molar-refractivity contribution in [1.82, 2.24) is 5.32 Å². The Kier molecular flexibility index (Phi) is 5.39. The molecule has 0 spiro atoms. The molecule has 0 aromatic heterocycles. The zero-order valence-electron chi connectivity index (χ0n) is 16.6. The van der Waals surface area contributed by atoms with Crippen LogP contribution in [0, 0.1) is 6.92 Å². The summed E-state index contributed by atoms with van der Waals surface area (Å²) in [7, 11) is 0. The average Bonchev–Trinajstić information content (AvgIpc) is 3.11. The van der Waals surface area contributed by atoms with Crippen molar-refractivity contribution in [2.24, 2.45) is 5.73 Å². The van der Waals surface area contributed by atoms with Gasteiger partial charge in [-0.15, -0.1) is 0 Å². The zero-order valence-corrected chi connectivity index (χ0v) is 16.6. The maximum absolute atomic E-state index is 12.5. The number of benzene rings is 3. The number of amides is 3. The van der Waals surface area contributed by atoms with Gasteiger partial charge in [0, 0.05) is 5.69 Å². The Morgan fingerprint density at radius 2 is 1.80 bits per heavy atom. The van der Waals surface area contributed by atoms with Crippen molar-refractivity contribution in [3.8, 4) is 11.5 Å². The van der Waals surface area contributed by atoms with Crippen molar-refractivity contribution < 1.29 is 14.3 Å². The van der Waals surface area contributed by atoms with Gasteiger partial charge in [0.25, 0.3) is 5.91 Å². The van der Waals surface area contributed by atoms with Gasteiger partial charge in [-0.1, -0.05) is 35.9 Å². The predicted molar refractivity (Wildman–Crippen MR) is 116 cm³/mol. The van der Waals surface area contributed by atoms with Crippen molar-refractivity contribution in [3.63, 3.8) is 0 Å². The van der Waals surface area contributed by atoms with E-state index in [1.54, 1.807) is 48.5 Å². The molecule has 1 unspecified atom stereocenters. The highest BCUT2D eigenvalue weighted by Gasteiger charge is 2.23. The summed E-state index contributed by atoms with van der Waals surface area (Å²) in [6, 6.07) is 19.9. The lowest BCUT2D eigenvalue weighted by Gasteiger charge is -2.16. The van der Waals surface area contributed by atoms with Crippen LogP contribution in [0.4, 0.5) is 10.5 Å². The van der Waals surface area contributed by atoms with Crippen LogP contribution < -0.4 is 21.1 Å². The molecule has 3 aromatic carbocycles. The maximum atomic E-state index is 12.5. The first kappa shape index (κ1) is 19.5. The summed E-state index contributed by atoms with van der Waals surface area (Å²) in [4.78, 5) is 24.0. The fraction of sp³-hybridized carbons (Fsp3) is 0.167. The summed E-state index contributed by atoms with van der Waals surface area (Å²) >= 11 is 0. The number of carbonyl (C=O) groups is 2. The molecular formula is C24H23N3O3. The number of hydrogen-bond acceptors (Lipinski definition) is 3. The Hall–Kier alpha value is -3.80. The molecule has 152 valence electrons. The van der Waals surface area contributed by atoms with E-state index >= 15 is 0 Å². The topological polar surface area (TPSA) is 93.4 Å². The second-order valence-electron chi connectivity index (χ2n) is 7.38. The Labute approximate surface area is 175 Å². The predicted octanol–water partition coefficient (Wildman–Crippen LogP) is 4.70. The summed E-state index contributed by atoms with van der Waals surface area (Å²) in [5, 5.41) is 5.91. The van der Waals surface area contributed by atoms with E-state index in [1.807, 2.05) is 0 Å². The minimum Gasteiger partial charge on any atom is -0.457 e. The van der Waals surface area contributed by atoms with E-state index < -0.39 is 5.91 Å². The second kappa shape index (κ2) is 8.29. The van der Waals surface area contributed by atoms with Gasteiger partial charge in [0.15, 0.2) is 0 Å². The van der Waals surface area contributed by atoms with Gasteiger partial charge in [-0.25, -0.2) is 4.79 Å². The Morgan fingerprint density at radius 1 is 1.03 bits per heavy atom. The standard InChI is InChI=1S/C24H23N3O3/c1-15-6-7-16-8-13-21(20(16)14-15)27-24(29)26-17-9-11-18(12-10-17)30-22-5-3-2-4-19(22)23(25)28/h2-7,9-12,14,21H,8,13H2,1H3,(H2,25,28)(H2,26,27,29). The number of para-hydroxylation sites is 1. The van der Waals surface area contributed by atoms with Crippen LogP contribution in [0.15, 0.2) is 66.7 Å². The largest absolute Gasteiger partial charge is 0.457 e. The highest BCUT2D eigenvalue weighted by atomic mass is 16.5. The van der Waals surface area contributed by atoms with Gasteiger partial charge in [-0.05, 0) is 67.3 Å². The molecule has 0 saturated carbocycles. The van der Waals surface area contributed by atoms with Crippen LogP contribution in [0.1, 0.15) is 39.5 Å². The number of aryl methyl sites for hydroxylation is 2. The van der Waals surface area contributed by atoms with Gasteiger partial charge in [0.2, 0.25) is 0 Å². The van der Waals surface area contributed by atoms with Crippen LogP contribution in [0.25, 0.3) is 0 Å². The number of hydrogen-bond donors (Lipinski definition) is 3. The first-order valence-corrected chi connectivity index (χ1v) is 9.83. The normalized spacial score (nSPS) is 14.6. The number of ether oxygens (including phenoxy) is 1. The molecule has 0 saturated heterocycles. The number of nitrogens with two attached hydrogens (primary N) is 1. The molecule has 3 aromatic rings. The van der Waals surface area contributed by atoms with E-state index in [0.717, 1.165) is 12.8 Å². The molecule has 0 fully saturated rings. The Bertz CT molecular complexity index is 1090. The van der Waals surface area contributed by atoms with Crippen LogP contribution in [0.2, 0.25) is 0 Å². The van der Waals surface area contributed by atoms with Gasteiger partial charge in [-0.3, -0.25) is 4.79 Å². The van der Waals surface area contributed by atoms with Crippen LogP contribution in [-0.4, -0.2) is 11.9 Å². The van der Waals surface area contributed by atoms with E-state index in [-0.39, 0.29) is 12.1 Å². The highest BCUT2D eigenvalue weighted by molar-refractivity contribution is 5.95. The zero-order chi connectivity index (χ0) is 21.1. The lowest BCUT2D eigenvalue weighted by atomic mass is 10.1. The molecule has 1 aliphatic rings. The Balaban J connectivity index is 1.38. The number of rotatable bonds is 5.